The lowest BCUT2D eigenvalue weighted by Crippen LogP contribution is -2.46. The van der Waals surface area contributed by atoms with E-state index in [0.717, 1.165) is 44.1 Å². The van der Waals surface area contributed by atoms with Crippen molar-refractivity contribution < 1.29 is 18.0 Å². The molecule has 0 radical (unpaired) electrons. The molecule has 1 aliphatic carbocycles. The highest BCUT2D eigenvalue weighted by Crippen LogP contribution is 2.27. The van der Waals surface area contributed by atoms with Gasteiger partial charge in [0, 0.05) is 25.7 Å². The van der Waals surface area contributed by atoms with Crippen molar-refractivity contribution in [3.8, 4) is 0 Å². The summed E-state index contributed by atoms with van der Waals surface area (Å²) >= 11 is 0. The van der Waals surface area contributed by atoms with E-state index in [0.29, 0.717) is 24.4 Å². The first-order chi connectivity index (χ1) is 15.4. The van der Waals surface area contributed by atoms with Gasteiger partial charge in [-0.15, -0.1) is 0 Å². The maximum absolute atomic E-state index is 13.1. The van der Waals surface area contributed by atoms with Crippen LogP contribution >= 0.6 is 0 Å². The van der Waals surface area contributed by atoms with E-state index in [2.05, 4.69) is 16.7 Å². The van der Waals surface area contributed by atoms with E-state index in [1.54, 1.807) is 28.6 Å². The van der Waals surface area contributed by atoms with Crippen molar-refractivity contribution in [2.75, 3.05) is 19.6 Å². The fourth-order valence-electron chi connectivity index (χ4n) is 4.41. The van der Waals surface area contributed by atoms with Crippen LogP contribution in [0.15, 0.2) is 40.8 Å². The zero-order valence-corrected chi connectivity index (χ0v) is 19.8. The number of sulfonamides is 1. The SMILES string of the molecule is Cc1ccc(S(=O)(=O)N2CCCC[C@H]2CCNC(=O)C(=O)NCCC2=CCCCC2)cc1. The molecular formula is C24H35N3O4S. The number of benzene rings is 1. The summed E-state index contributed by atoms with van der Waals surface area (Å²) in [6.07, 6.45) is 10.6. The van der Waals surface area contributed by atoms with Crippen LogP contribution in [0.2, 0.25) is 0 Å². The lowest BCUT2D eigenvalue weighted by atomic mass is 9.97. The Bertz CT molecular complexity index is 925. The van der Waals surface area contributed by atoms with Crippen LogP contribution < -0.4 is 10.6 Å². The molecule has 2 amide bonds. The number of hydrogen-bond acceptors (Lipinski definition) is 4. The maximum Gasteiger partial charge on any atom is 0.309 e. The molecule has 1 heterocycles. The Balaban J connectivity index is 1.46. The molecule has 1 atom stereocenters. The predicted molar refractivity (Wildman–Crippen MR) is 125 cm³/mol. The monoisotopic (exact) mass is 461 g/mol. The van der Waals surface area contributed by atoms with Gasteiger partial charge in [-0.2, -0.15) is 4.31 Å². The summed E-state index contributed by atoms with van der Waals surface area (Å²) in [4.78, 5) is 24.5. The molecule has 1 aliphatic heterocycles. The molecule has 1 aromatic rings. The molecule has 1 aromatic carbocycles. The van der Waals surface area contributed by atoms with E-state index in [9.17, 15) is 18.0 Å². The molecule has 0 bridgehead atoms. The molecule has 0 spiro atoms. The van der Waals surface area contributed by atoms with Crippen molar-refractivity contribution in [2.24, 2.45) is 0 Å². The van der Waals surface area contributed by atoms with Crippen molar-refractivity contribution in [3.05, 3.63) is 41.5 Å². The molecule has 32 heavy (non-hydrogen) atoms. The fraction of sp³-hybridized carbons (Fsp3) is 0.583. The van der Waals surface area contributed by atoms with Gasteiger partial charge < -0.3 is 10.6 Å². The zero-order chi connectivity index (χ0) is 23.0. The number of carbonyl (C=O) groups excluding carboxylic acids is 2. The average Bonchev–Trinajstić information content (AvgIpc) is 2.80. The fourth-order valence-corrected chi connectivity index (χ4v) is 6.13. The van der Waals surface area contributed by atoms with Crippen LogP contribution in [0.25, 0.3) is 0 Å². The Labute approximate surface area is 191 Å². The number of nitrogens with zero attached hydrogens (tertiary/aromatic N) is 1. The van der Waals surface area contributed by atoms with E-state index >= 15 is 0 Å². The molecule has 176 valence electrons. The van der Waals surface area contributed by atoms with Crippen molar-refractivity contribution >= 4 is 21.8 Å². The number of hydrogen-bond donors (Lipinski definition) is 2. The van der Waals surface area contributed by atoms with Crippen LogP contribution in [0.5, 0.6) is 0 Å². The molecule has 1 saturated heterocycles. The van der Waals surface area contributed by atoms with Crippen LogP contribution in [0.3, 0.4) is 0 Å². The highest BCUT2D eigenvalue weighted by atomic mass is 32.2. The number of nitrogens with one attached hydrogen (secondary N) is 2. The third-order valence-electron chi connectivity index (χ3n) is 6.29. The number of piperidine rings is 1. The maximum atomic E-state index is 13.1. The minimum Gasteiger partial charge on any atom is -0.348 e. The zero-order valence-electron chi connectivity index (χ0n) is 18.9. The lowest BCUT2D eigenvalue weighted by molar-refractivity contribution is -0.139. The molecule has 7 nitrogen and oxygen atoms in total. The summed E-state index contributed by atoms with van der Waals surface area (Å²) in [5.74, 6) is -1.29. The topological polar surface area (TPSA) is 95.6 Å². The Kier molecular flexibility index (Phi) is 8.87. The van der Waals surface area contributed by atoms with Gasteiger partial charge in [0.1, 0.15) is 0 Å². The summed E-state index contributed by atoms with van der Waals surface area (Å²) in [6.45, 7) is 3.13. The van der Waals surface area contributed by atoms with E-state index < -0.39 is 21.8 Å². The molecule has 2 aliphatic rings. The Morgan fingerprint density at radius 2 is 1.72 bits per heavy atom. The highest BCUT2D eigenvalue weighted by Gasteiger charge is 2.33. The van der Waals surface area contributed by atoms with Gasteiger partial charge in [0.25, 0.3) is 0 Å². The van der Waals surface area contributed by atoms with Crippen molar-refractivity contribution in [1.82, 2.24) is 14.9 Å². The molecule has 0 unspecified atom stereocenters. The predicted octanol–water partition coefficient (Wildman–Crippen LogP) is 3.05. The largest absolute Gasteiger partial charge is 0.348 e. The number of amides is 2. The van der Waals surface area contributed by atoms with Crippen LogP contribution in [-0.4, -0.2) is 50.2 Å². The molecule has 0 saturated carbocycles. The molecule has 2 N–H and O–H groups in total. The summed E-state index contributed by atoms with van der Waals surface area (Å²) in [5, 5.41) is 5.33. The van der Waals surface area contributed by atoms with Gasteiger partial charge >= 0.3 is 11.8 Å². The van der Waals surface area contributed by atoms with E-state index in [1.807, 2.05) is 6.92 Å². The lowest BCUT2D eigenvalue weighted by Gasteiger charge is -2.34. The summed E-state index contributed by atoms with van der Waals surface area (Å²) in [6, 6.07) is 6.71. The van der Waals surface area contributed by atoms with Crippen LogP contribution in [0, 0.1) is 6.92 Å². The van der Waals surface area contributed by atoms with Gasteiger partial charge in [-0.1, -0.05) is 35.8 Å². The van der Waals surface area contributed by atoms with E-state index in [-0.39, 0.29) is 12.6 Å². The van der Waals surface area contributed by atoms with Crippen LogP contribution in [0.1, 0.15) is 63.4 Å². The second-order valence-corrected chi connectivity index (χ2v) is 10.6. The Hall–Kier alpha value is -2.19. The van der Waals surface area contributed by atoms with Gasteiger partial charge in [0.05, 0.1) is 4.90 Å². The minimum absolute atomic E-state index is 0.184. The standard InChI is InChI=1S/C24H35N3O4S/c1-19-10-12-22(13-11-19)32(30,31)27-18-6-5-9-21(27)15-17-26-24(29)23(28)25-16-14-20-7-3-2-4-8-20/h7,10-13,21H,2-6,8-9,14-18H2,1H3,(H,25,28)(H,26,29)/t21-/m0/s1. The summed E-state index contributed by atoms with van der Waals surface area (Å²) in [7, 11) is -3.58. The van der Waals surface area contributed by atoms with Gasteiger partial charge in [-0.3, -0.25) is 9.59 Å². The average molecular weight is 462 g/mol. The molecular weight excluding hydrogens is 426 g/mol. The quantitative estimate of drug-likeness (QED) is 0.459. The first kappa shape index (κ1) is 24.5. The third kappa shape index (κ3) is 6.65. The van der Waals surface area contributed by atoms with Crippen LogP contribution in [0.4, 0.5) is 0 Å². The molecule has 8 heteroatoms. The van der Waals surface area contributed by atoms with Gasteiger partial charge in [-0.25, -0.2) is 8.42 Å². The number of rotatable bonds is 8. The Morgan fingerprint density at radius 1 is 1.00 bits per heavy atom. The minimum atomic E-state index is -3.58. The third-order valence-corrected chi connectivity index (χ3v) is 8.25. The Morgan fingerprint density at radius 3 is 2.41 bits per heavy atom. The first-order valence-corrected chi connectivity index (χ1v) is 13.1. The van der Waals surface area contributed by atoms with Gasteiger partial charge in [-0.05, 0) is 70.4 Å². The van der Waals surface area contributed by atoms with Crippen molar-refractivity contribution in [2.45, 2.75) is 75.6 Å². The van der Waals surface area contributed by atoms with Crippen molar-refractivity contribution in [1.29, 1.82) is 0 Å². The van der Waals surface area contributed by atoms with Crippen LogP contribution in [-0.2, 0) is 19.6 Å². The smallest absolute Gasteiger partial charge is 0.309 e. The highest BCUT2D eigenvalue weighted by molar-refractivity contribution is 7.89. The second kappa shape index (κ2) is 11.6. The number of allylic oxidation sites excluding steroid dienone is 1. The van der Waals surface area contributed by atoms with Crippen molar-refractivity contribution in [3.63, 3.8) is 0 Å². The normalized spacial score (nSPS) is 19.8. The van der Waals surface area contributed by atoms with Gasteiger partial charge in [0.2, 0.25) is 10.0 Å². The molecule has 1 fully saturated rings. The molecule has 3 rings (SSSR count). The van der Waals surface area contributed by atoms with Gasteiger partial charge in [0.15, 0.2) is 0 Å². The molecule has 0 aromatic heterocycles. The van der Waals surface area contributed by atoms with E-state index in [1.165, 1.54) is 18.4 Å². The number of aryl methyl sites for hydroxylation is 1. The summed E-state index contributed by atoms with van der Waals surface area (Å²) in [5.41, 5.74) is 2.36. The first-order valence-electron chi connectivity index (χ1n) is 11.7. The van der Waals surface area contributed by atoms with E-state index in [4.69, 9.17) is 0 Å². The number of carbonyl (C=O) groups is 2. The second-order valence-electron chi connectivity index (χ2n) is 8.74. The summed E-state index contributed by atoms with van der Waals surface area (Å²) < 4.78 is 27.8.